The van der Waals surface area contributed by atoms with Gasteiger partial charge in [-0.2, -0.15) is 0 Å². The highest BCUT2D eigenvalue weighted by Gasteiger charge is 2.03. The molecule has 15 heavy (non-hydrogen) atoms. The maximum absolute atomic E-state index is 5.49. The van der Waals surface area contributed by atoms with E-state index in [1.807, 2.05) is 0 Å². The predicted molar refractivity (Wildman–Crippen MR) is 70.4 cm³/mol. The fourth-order valence-electron chi connectivity index (χ4n) is 1.47. The van der Waals surface area contributed by atoms with Crippen LogP contribution in [0, 0.1) is 13.8 Å². The maximum atomic E-state index is 5.49. The van der Waals surface area contributed by atoms with Gasteiger partial charge in [-0.1, -0.05) is 18.3 Å². The highest BCUT2D eigenvalue weighted by atomic mass is 32.1. The van der Waals surface area contributed by atoms with Crippen LogP contribution in [0.2, 0.25) is 0 Å². The van der Waals surface area contributed by atoms with Crippen LogP contribution in [0.4, 0.5) is 5.69 Å². The molecule has 0 heterocycles. The van der Waals surface area contributed by atoms with Crippen LogP contribution in [0.3, 0.4) is 0 Å². The minimum Gasteiger partial charge on any atom is -0.393 e. The molecule has 0 radical (unpaired) electrons. The lowest BCUT2D eigenvalue weighted by molar-refractivity contribution is 0.839. The average Bonchev–Trinajstić information content (AvgIpc) is 2.10. The molecule has 0 saturated carbocycles. The summed E-state index contributed by atoms with van der Waals surface area (Å²) in [5.74, 6) is 0. The Labute approximate surface area is 96.9 Å². The van der Waals surface area contributed by atoms with Gasteiger partial charge in [0.25, 0.3) is 0 Å². The molecule has 1 unspecified atom stereocenters. The summed E-state index contributed by atoms with van der Waals surface area (Å²) in [6, 6.07) is 6.62. The van der Waals surface area contributed by atoms with Gasteiger partial charge in [-0.25, -0.2) is 0 Å². The number of thiocarbonyl (C=S) groups is 1. The Morgan fingerprint density at radius 1 is 1.40 bits per heavy atom. The fourth-order valence-corrected chi connectivity index (χ4v) is 1.72. The van der Waals surface area contributed by atoms with Crippen LogP contribution >= 0.6 is 12.2 Å². The molecule has 82 valence electrons. The van der Waals surface area contributed by atoms with Crippen molar-refractivity contribution in [3.05, 3.63) is 29.3 Å². The largest absolute Gasteiger partial charge is 0.393 e. The zero-order valence-corrected chi connectivity index (χ0v) is 10.3. The van der Waals surface area contributed by atoms with Crippen molar-refractivity contribution >= 4 is 22.9 Å². The van der Waals surface area contributed by atoms with Gasteiger partial charge >= 0.3 is 0 Å². The second-order valence-corrected chi connectivity index (χ2v) is 4.54. The Morgan fingerprint density at radius 2 is 2.07 bits per heavy atom. The van der Waals surface area contributed by atoms with E-state index in [9.17, 15) is 0 Å². The summed E-state index contributed by atoms with van der Waals surface area (Å²) in [6.45, 7) is 6.30. The maximum Gasteiger partial charge on any atom is 0.0747 e. The smallest absolute Gasteiger partial charge is 0.0747 e. The van der Waals surface area contributed by atoms with E-state index in [1.54, 1.807) is 0 Å². The highest BCUT2D eigenvalue weighted by Crippen LogP contribution is 2.15. The monoisotopic (exact) mass is 222 g/mol. The molecule has 2 nitrogen and oxygen atoms in total. The zero-order valence-electron chi connectivity index (χ0n) is 9.50. The van der Waals surface area contributed by atoms with Crippen LogP contribution in [-0.4, -0.2) is 11.0 Å². The Bertz CT molecular complexity index is 361. The topological polar surface area (TPSA) is 38.0 Å². The molecule has 0 aliphatic heterocycles. The van der Waals surface area contributed by atoms with Crippen molar-refractivity contribution in [1.29, 1.82) is 0 Å². The molecule has 0 aliphatic carbocycles. The van der Waals surface area contributed by atoms with Gasteiger partial charge in [0.1, 0.15) is 0 Å². The summed E-state index contributed by atoms with van der Waals surface area (Å²) in [4.78, 5) is 0.554. The van der Waals surface area contributed by atoms with E-state index in [0.29, 0.717) is 4.99 Å². The fraction of sp³-hybridized carbons (Fsp3) is 0.417. The van der Waals surface area contributed by atoms with E-state index < -0.39 is 0 Å². The molecule has 0 fully saturated rings. The van der Waals surface area contributed by atoms with Gasteiger partial charge in [0.15, 0.2) is 0 Å². The molecule has 0 bridgehead atoms. The Kier molecular flexibility index (Phi) is 4.09. The van der Waals surface area contributed by atoms with Crippen LogP contribution in [0.1, 0.15) is 24.5 Å². The first-order valence-corrected chi connectivity index (χ1v) is 5.52. The molecule has 3 heteroatoms. The van der Waals surface area contributed by atoms with Gasteiger partial charge in [0.05, 0.1) is 4.99 Å². The first kappa shape index (κ1) is 12.0. The first-order chi connectivity index (χ1) is 6.99. The molecule has 3 N–H and O–H groups in total. The van der Waals surface area contributed by atoms with Crippen molar-refractivity contribution in [1.82, 2.24) is 0 Å². The summed E-state index contributed by atoms with van der Waals surface area (Å²) in [5.41, 5.74) is 9.22. The van der Waals surface area contributed by atoms with Gasteiger partial charge in [0.2, 0.25) is 0 Å². The molecule has 0 amide bonds. The van der Waals surface area contributed by atoms with Crippen molar-refractivity contribution in [2.24, 2.45) is 5.73 Å². The third-order valence-corrected chi connectivity index (χ3v) is 2.59. The summed E-state index contributed by atoms with van der Waals surface area (Å²) < 4.78 is 0. The van der Waals surface area contributed by atoms with E-state index in [1.165, 1.54) is 11.1 Å². The molecule has 0 aromatic heterocycles. The minimum atomic E-state index is 0.282. The summed E-state index contributed by atoms with van der Waals surface area (Å²) in [5, 5.41) is 3.37. The van der Waals surface area contributed by atoms with Gasteiger partial charge in [-0.15, -0.1) is 0 Å². The quantitative estimate of drug-likeness (QED) is 0.769. The molecular formula is C12H18N2S. The van der Waals surface area contributed by atoms with Crippen LogP contribution in [0.15, 0.2) is 18.2 Å². The minimum absolute atomic E-state index is 0.282. The lowest BCUT2D eigenvalue weighted by Gasteiger charge is -2.15. The summed E-state index contributed by atoms with van der Waals surface area (Å²) in [7, 11) is 0. The number of anilines is 1. The van der Waals surface area contributed by atoms with Gasteiger partial charge in [0, 0.05) is 18.2 Å². The molecule has 1 rings (SSSR count). The normalized spacial score (nSPS) is 12.2. The standard InChI is InChI=1S/C12H18N2S/c1-8-4-5-11(6-9(8)2)14-10(3)7-12(13)15/h4-6,10,14H,7H2,1-3H3,(H2,13,15). The van der Waals surface area contributed by atoms with Crippen LogP contribution in [0.25, 0.3) is 0 Å². The molecule has 0 saturated heterocycles. The predicted octanol–water partition coefficient (Wildman–Crippen LogP) is 2.78. The lowest BCUT2D eigenvalue weighted by Crippen LogP contribution is -2.22. The average molecular weight is 222 g/mol. The number of hydrogen-bond acceptors (Lipinski definition) is 2. The van der Waals surface area contributed by atoms with Crippen molar-refractivity contribution in [2.75, 3.05) is 5.32 Å². The molecular weight excluding hydrogens is 204 g/mol. The van der Waals surface area contributed by atoms with Crippen LogP contribution in [-0.2, 0) is 0 Å². The van der Waals surface area contributed by atoms with Crippen molar-refractivity contribution < 1.29 is 0 Å². The SMILES string of the molecule is Cc1ccc(NC(C)CC(N)=S)cc1C. The Balaban J connectivity index is 2.64. The second kappa shape index (κ2) is 5.12. The molecule has 0 spiro atoms. The van der Waals surface area contributed by atoms with Gasteiger partial charge in [-0.3, -0.25) is 0 Å². The van der Waals surface area contributed by atoms with Crippen molar-refractivity contribution in [3.63, 3.8) is 0 Å². The molecule has 0 aliphatic rings. The van der Waals surface area contributed by atoms with Gasteiger partial charge in [-0.05, 0) is 44.0 Å². The molecule has 1 aromatic carbocycles. The number of hydrogen-bond donors (Lipinski definition) is 2. The number of rotatable bonds is 4. The van der Waals surface area contributed by atoms with Crippen LogP contribution < -0.4 is 11.1 Å². The summed E-state index contributed by atoms with van der Waals surface area (Å²) >= 11 is 4.87. The van der Waals surface area contributed by atoms with E-state index >= 15 is 0 Å². The number of benzene rings is 1. The third-order valence-electron chi connectivity index (χ3n) is 2.43. The van der Waals surface area contributed by atoms with Crippen molar-refractivity contribution in [2.45, 2.75) is 33.2 Å². The van der Waals surface area contributed by atoms with Crippen LogP contribution in [0.5, 0.6) is 0 Å². The lowest BCUT2D eigenvalue weighted by atomic mass is 10.1. The molecule has 1 aromatic rings. The number of nitrogens with one attached hydrogen (secondary N) is 1. The van der Waals surface area contributed by atoms with Crippen molar-refractivity contribution in [3.8, 4) is 0 Å². The molecule has 1 atom stereocenters. The van der Waals surface area contributed by atoms with E-state index in [4.69, 9.17) is 18.0 Å². The number of aryl methyl sites for hydroxylation is 2. The van der Waals surface area contributed by atoms with Gasteiger partial charge < -0.3 is 11.1 Å². The first-order valence-electron chi connectivity index (χ1n) is 5.11. The second-order valence-electron chi connectivity index (χ2n) is 4.01. The van der Waals surface area contributed by atoms with E-state index in [2.05, 4.69) is 44.3 Å². The highest BCUT2D eigenvalue weighted by molar-refractivity contribution is 7.80. The van der Waals surface area contributed by atoms with E-state index in [0.717, 1.165) is 12.1 Å². The Morgan fingerprint density at radius 3 is 2.60 bits per heavy atom. The number of nitrogens with two attached hydrogens (primary N) is 1. The third kappa shape index (κ3) is 3.88. The van der Waals surface area contributed by atoms with E-state index in [-0.39, 0.29) is 6.04 Å². The summed E-state index contributed by atoms with van der Waals surface area (Å²) in [6.07, 6.45) is 0.724. The zero-order chi connectivity index (χ0) is 11.4. The Hall–Kier alpha value is -1.09.